The Hall–Kier alpha value is -2.82. The Labute approximate surface area is 133 Å². The van der Waals surface area contributed by atoms with E-state index in [2.05, 4.69) is 4.98 Å². The van der Waals surface area contributed by atoms with Crippen LogP contribution in [-0.2, 0) is 6.54 Å². The first-order valence-corrected chi connectivity index (χ1v) is 7.65. The third-order valence-electron chi connectivity index (χ3n) is 3.96. The van der Waals surface area contributed by atoms with Gasteiger partial charge in [-0.1, -0.05) is 30.3 Å². The second kappa shape index (κ2) is 5.76. The third-order valence-corrected chi connectivity index (χ3v) is 3.96. The minimum atomic E-state index is -0.114. The highest BCUT2D eigenvalue weighted by Crippen LogP contribution is 2.32. The van der Waals surface area contributed by atoms with Gasteiger partial charge in [0.15, 0.2) is 17.8 Å². The molecule has 4 rings (SSSR count). The maximum absolute atomic E-state index is 13.0. The second-order valence-corrected chi connectivity index (χ2v) is 5.66. The number of amides is 1. The van der Waals surface area contributed by atoms with Crippen molar-refractivity contribution >= 4 is 5.91 Å². The molecule has 2 heterocycles. The molecule has 1 saturated carbocycles. The molecule has 0 atom stereocenters. The van der Waals surface area contributed by atoms with Crippen molar-refractivity contribution in [3.63, 3.8) is 0 Å². The van der Waals surface area contributed by atoms with Gasteiger partial charge in [0.1, 0.15) is 0 Å². The summed E-state index contributed by atoms with van der Waals surface area (Å²) in [6.07, 6.45) is 4.91. The molecule has 1 aromatic carbocycles. The zero-order valence-corrected chi connectivity index (χ0v) is 12.5. The van der Waals surface area contributed by atoms with Crippen LogP contribution in [0.15, 0.2) is 64.0 Å². The van der Waals surface area contributed by atoms with Crippen LogP contribution in [0.2, 0.25) is 0 Å². The highest BCUT2D eigenvalue weighted by atomic mass is 16.4. The molecule has 1 aliphatic carbocycles. The molecule has 0 saturated heterocycles. The molecule has 1 amide bonds. The van der Waals surface area contributed by atoms with Gasteiger partial charge in [0.2, 0.25) is 5.76 Å². The smallest absolute Gasteiger partial charge is 0.277 e. The summed E-state index contributed by atoms with van der Waals surface area (Å²) in [5.74, 6) is 0.788. The molecule has 1 fully saturated rings. The molecule has 0 bridgehead atoms. The van der Waals surface area contributed by atoms with Crippen LogP contribution < -0.4 is 0 Å². The highest BCUT2D eigenvalue weighted by Gasteiger charge is 2.35. The van der Waals surface area contributed by atoms with E-state index in [0.29, 0.717) is 23.8 Å². The molecule has 5 heteroatoms. The van der Waals surface area contributed by atoms with Crippen LogP contribution in [0, 0.1) is 0 Å². The standard InChI is InChI=1S/C18H16N2O3/c21-18(16-17(23-12-19-16)15-7-4-10-22-15)20(14-8-9-14)11-13-5-2-1-3-6-13/h1-7,10,12,14H,8-9,11H2. The van der Waals surface area contributed by atoms with Gasteiger partial charge in [0, 0.05) is 12.6 Å². The fraction of sp³-hybridized carbons (Fsp3) is 0.222. The van der Waals surface area contributed by atoms with Gasteiger partial charge in [0.25, 0.3) is 5.91 Å². The van der Waals surface area contributed by atoms with Crippen LogP contribution in [0.25, 0.3) is 11.5 Å². The Morgan fingerprint density at radius 2 is 1.96 bits per heavy atom. The molecule has 3 aromatic rings. The van der Waals surface area contributed by atoms with Crippen molar-refractivity contribution in [1.82, 2.24) is 9.88 Å². The van der Waals surface area contributed by atoms with Gasteiger partial charge in [-0.25, -0.2) is 4.98 Å². The number of furan rings is 1. The topological polar surface area (TPSA) is 59.5 Å². The summed E-state index contributed by atoms with van der Waals surface area (Å²) < 4.78 is 10.7. The molecular formula is C18H16N2O3. The van der Waals surface area contributed by atoms with Crippen LogP contribution in [0.1, 0.15) is 28.9 Å². The van der Waals surface area contributed by atoms with Gasteiger partial charge >= 0.3 is 0 Å². The van der Waals surface area contributed by atoms with Crippen molar-refractivity contribution in [1.29, 1.82) is 0 Å². The predicted molar refractivity (Wildman–Crippen MR) is 83.5 cm³/mol. The molecular weight excluding hydrogens is 292 g/mol. The van der Waals surface area contributed by atoms with E-state index < -0.39 is 0 Å². The summed E-state index contributed by atoms with van der Waals surface area (Å²) in [7, 11) is 0. The number of benzene rings is 1. The van der Waals surface area contributed by atoms with E-state index in [0.717, 1.165) is 18.4 Å². The maximum Gasteiger partial charge on any atom is 0.277 e. The number of carbonyl (C=O) groups is 1. The van der Waals surface area contributed by atoms with Crippen molar-refractivity contribution in [2.24, 2.45) is 0 Å². The van der Waals surface area contributed by atoms with Crippen LogP contribution in [0.5, 0.6) is 0 Å². The first kappa shape index (κ1) is 13.8. The van der Waals surface area contributed by atoms with E-state index in [-0.39, 0.29) is 11.9 Å². The number of aromatic nitrogens is 1. The van der Waals surface area contributed by atoms with Crippen LogP contribution >= 0.6 is 0 Å². The number of rotatable bonds is 5. The summed E-state index contributed by atoms with van der Waals surface area (Å²) in [5.41, 5.74) is 1.42. The fourth-order valence-corrected chi connectivity index (χ4v) is 2.65. The normalized spacial score (nSPS) is 13.9. The van der Waals surface area contributed by atoms with Gasteiger partial charge in [-0.05, 0) is 30.5 Å². The van der Waals surface area contributed by atoms with Crippen molar-refractivity contribution in [2.75, 3.05) is 0 Å². The van der Waals surface area contributed by atoms with Gasteiger partial charge in [-0.15, -0.1) is 0 Å². The molecule has 0 spiro atoms. The zero-order valence-electron chi connectivity index (χ0n) is 12.5. The Balaban J connectivity index is 1.63. The van der Waals surface area contributed by atoms with Crippen LogP contribution in [0.3, 0.4) is 0 Å². The van der Waals surface area contributed by atoms with Crippen molar-refractivity contribution in [3.8, 4) is 11.5 Å². The molecule has 2 aromatic heterocycles. The fourth-order valence-electron chi connectivity index (χ4n) is 2.65. The Kier molecular flexibility index (Phi) is 3.46. The van der Waals surface area contributed by atoms with Crippen molar-refractivity contribution < 1.29 is 13.6 Å². The lowest BCUT2D eigenvalue weighted by molar-refractivity contribution is 0.0724. The number of nitrogens with zero attached hydrogens (tertiary/aromatic N) is 2. The summed E-state index contributed by atoms with van der Waals surface area (Å²) in [6, 6.07) is 13.8. The lowest BCUT2D eigenvalue weighted by atomic mass is 10.2. The maximum atomic E-state index is 13.0. The number of oxazole rings is 1. The first-order valence-electron chi connectivity index (χ1n) is 7.65. The lowest BCUT2D eigenvalue weighted by Crippen LogP contribution is -2.33. The number of carbonyl (C=O) groups excluding carboxylic acids is 1. The number of hydrogen-bond donors (Lipinski definition) is 0. The SMILES string of the molecule is O=C(c1ncoc1-c1ccco1)N(Cc1ccccc1)C1CC1. The van der Waals surface area contributed by atoms with Crippen molar-refractivity contribution in [2.45, 2.75) is 25.4 Å². The van der Waals surface area contributed by atoms with E-state index in [1.54, 1.807) is 18.4 Å². The van der Waals surface area contributed by atoms with E-state index in [9.17, 15) is 4.79 Å². The molecule has 0 radical (unpaired) electrons. The molecule has 5 nitrogen and oxygen atoms in total. The lowest BCUT2D eigenvalue weighted by Gasteiger charge is -2.21. The molecule has 1 aliphatic rings. The van der Waals surface area contributed by atoms with Gasteiger partial charge in [-0.3, -0.25) is 4.79 Å². The Bertz CT molecular complexity index is 789. The van der Waals surface area contributed by atoms with Gasteiger partial charge in [-0.2, -0.15) is 0 Å². The van der Waals surface area contributed by atoms with Crippen molar-refractivity contribution in [3.05, 3.63) is 66.4 Å². The van der Waals surface area contributed by atoms with E-state index >= 15 is 0 Å². The van der Waals surface area contributed by atoms with E-state index in [1.165, 1.54) is 6.39 Å². The molecule has 0 aliphatic heterocycles. The summed E-state index contributed by atoms with van der Waals surface area (Å²) in [6.45, 7) is 0.578. The molecule has 116 valence electrons. The van der Waals surface area contributed by atoms with Crippen LogP contribution in [-0.4, -0.2) is 21.8 Å². The molecule has 0 unspecified atom stereocenters. The van der Waals surface area contributed by atoms with E-state index in [1.807, 2.05) is 35.2 Å². The molecule has 0 N–H and O–H groups in total. The first-order chi connectivity index (χ1) is 11.3. The third kappa shape index (κ3) is 2.77. The number of hydrogen-bond acceptors (Lipinski definition) is 4. The van der Waals surface area contributed by atoms with Gasteiger partial charge < -0.3 is 13.7 Å². The monoisotopic (exact) mass is 308 g/mol. The molecule has 23 heavy (non-hydrogen) atoms. The highest BCUT2D eigenvalue weighted by molar-refractivity contribution is 5.97. The quantitative estimate of drug-likeness (QED) is 0.720. The zero-order chi connectivity index (χ0) is 15.6. The second-order valence-electron chi connectivity index (χ2n) is 5.66. The predicted octanol–water partition coefficient (Wildman–Crippen LogP) is 3.74. The van der Waals surface area contributed by atoms with Gasteiger partial charge in [0.05, 0.1) is 6.26 Å². The summed E-state index contributed by atoms with van der Waals surface area (Å²) in [5, 5.41) is 0. The minimum Gasteiger partial charge on any atom is -0.461 e. The summed E-state index contributed by atoms with van der Waals surface area (Å²) in [4.78, 5) is 19.0. The average Bonchev–Trinajstić information content (AvgIpc) is 3.08. The van der Waals surface area contributed by atoms with E-state index in [4.69, 9.17) is 8.83 Å². The van der Waals surface area contributed by atoms with Crippen LogP contribution in [0.4, 0.5) is 0 Å². The Morgan fingerprint density at radius 1 is 1.13 bits per heavy atom. The largest absolute Gasteiger partial charge is 0.461 e. The average molecular weight is 308 g/mol. The summed E-state index contributed by atoms with van der Waals surface area (Å²) >= 11 is 0. The Morgan fingerprint density at radius 3 is 2.65 bits per heavy atom. The minimum absolute atomic E-state index is 0.114.